The highest BCUT2D eigenvalue weighted by molar-refractivity contribution is 6.05. The van der Waals surface area contributed by atoms with Gasteiger partial charge in [-0.2, -0.15) is 0 Å². The zero-order valence-corrected chi connectivity index (χ0v) is 16.7. The highest BCUT2D eigenvalue weighted by atomic mass is 16.6. The lowest BCUT2D eigenvalue weighted by Crippen LogP contribution is -2.29. The van der Waals surface area contributed by atoms with Crippen molar-refractivity contribution in [3.05, 3.63) is 54.1 Å². The molecule has 28 heavy (non-hydrogen) atoms. The molecular formula is C22H27NO5. The predicted molar refractivity (Wildman–Crippen MR) is 108 cm³/mol. The van der Waals surface area contributed by atoms with Crippen molar-refractivity contribution in [3.8, 4) is 11.5 Å². The molecule has 150 valence electrons. The number of anilines is 1. The van der Waals surface area contributed by atoms with Crippen LogP contribution in [-0.4, -0.2) is 30.7 Å². The van der Waals surface area contributed by atoms with Crippen molar-refractivity contribution in [1.82, 2.24) is 0 Å². The molecule has 0 radical (unpaired) electrons. The number of hydrogen-bond acceptors (Lipinski definition) is 5. The van der Waals surface area contributed by atoms with E-state index < -0.39 is 12.1 Å². The summed E-state index contributed by atoms with van der Waals surface area (Å²) in [5, 5.41) is 2.84. The van der Waals surface area contributed by atoms with Crippen LogP contribution in [0.3, 0.4) is 0 Å². The monoisotopic (exact) mass is 385 g/mol. The summed E-state index contributed by atoms with van der Waals surface area (Å²) in [4.78, 5) is 24.4. The van der Waals surface area contributed by atoms with Crippen LogP contribution in [0.25, 0.3) is 0 Å². The highest BCUT2D eigenvalue weighted by Gasteiger charge is 2.18. The Morgan fingerprint density at radius 3 is 2.32 bits per heavy atom. The van der Waals surface area contributed by atoms with Gasteiger partial charge in [0.1, 0.15) is 11.5 Å². The van der Waals surface area contributed by atoms with E-state index in [1.807, 2.05) is 32.9 Å². The van der Waals surface area contributed by atoms with Crippen LogP contribution in [0.5, 0.6) is 11.5 Å². The molecule has 0 fully saturated rings. The van der Waals surface area contributed by atoms with E-state index in [4.69, 9.17) is 14.2 Å². The van der Waals surface area contributed by atoms with E-state index in [0.29, 0.717) is 29.4 Å². The fourth-order valence-corrected chi connectivity index (χ4v) is 2.36. The summed E-state index contributed by atoms with van der Waals surface area (Å²) in [6, 6.07) is 13.8. The smallest absolute Gasteiger partial charge is 0.347 e. The second-order valence-electron chi connectivity index (χ2n) is 6.32. The molecule has 1 amide bonds. The predicted octanol–water partition coefficient (Wildman–Crippen LogP) is 4.45. The molecule has 0 saturated carbocycles. The van der Waals surface area contributed by atoms with E-state index in [2.05, 4.69) is 5.32 Å². The first-order chi connectivity index (χ1) is 13.4. The molecule has 2 rings (SSSR count). The first-order valence-electron chi connectivity index (χ1n) is 9.45. The summed E-state index contributed by atoms with van der Waals surface area (Å²) in [7, 11) is 0. The van der Waals surface area contributed by atoms with Crippen LogP contribution in [0.4, 0.5) is 5.69 Å². The van der Waals surface area contributed by atoms with Gasteiger partial charge in [0.05, 0.1) is 18.4 Å². The minimum atomic E-state index is -0.730. The maximum absolute atomic E-state index is 12.5. The van der Waals surface area contributed by atoms with Crippen LogP contribution < -0.4 is 14.8 Å². The van der Waals surface area contributed by atoms with Gasteiger partial charge in [-0.1, -0.05) is 19.1 Å². The van der Waals surface area contributed by atoms with E-state index in [0.717, 1.165) is 6.42 Å². The second kappa shape index (κ2) is 10.3. The normalized spacial score (nSPS) is 12.6. The number of benzene rings is 2. The Morgan fingerprint density at radius 1 is 1.00 bits per heavy atom. The first kappa shape index (κ1) is 21.3. The molecule has 0 unspecified atom stereocenters. The zero-order valence-electron chi connectivity index (χ0n) is 16.7. The Labute approximate surface area is 165 Å². The summed E-state index contributed by atoms with van der Waals surface area (Å²) in [6.07, 6.45) is -0.134. The van der Waals surface area contributed by atoms with E-state index >= 15 is 0 Å². The fraction of sp³-hybridized carbons (Fsp3) is 0.364. The summed E-state index contributed by atoms with van der Waals surface area (Å²) in [5.74, 6) is 0.429. The molecule has 0 saturated heterocycles. The Bertz CT molecular complexity index is 788. The molecule has 6 nitrogen and oxygen atoms in total. The lowest BCUT2D eigenvalue weighted by molar-refractivity contribution is -0.155. The van der Waals surface area contributed by atoms with Crippen molar-refractivity contribution in [2.45, 2.75) is 46.3 Å². The number of amides is 1. The van der Waals surface area contributed by atoms with Crippen molar-refractivity contribution >= 4 is 17.6 Å². The third kappa shape index (κ3) is 6.01. The number of rotatable bonds is 9. The van der Waals surface area contributed by atoms with Gasteiger partial charge in [-0.05, 0) is 63.6 Å². The Morgan fingerprint density at radius 2 is 1.68 bits per heavy atom. The van der Waals surface area contributed by atoms with Gasteiger partial charge in [0, 0.05) is 5.56 Å². The van der Waals surface area contributed by atoms with Gasteiger partial charge in [-0.15, -0.1) is 0 Å². The van der Waals surface area contributed by atoms with Gasteiger partial charge in [0.25, 0.3) is 5.91 Å². The third-order valence-electron chi connectivity index (χ3n) is 4.09. The molecule has 1 N–H and O–H groups in total. The number of esters is 1. The number of para-hydroxylation sites is 2. The van der Waals surface area contributed by atoms with Gasteiger partial charge in [-0.3, -0.25) is 4.79 Å². The van der Waals surface area contributed by atoms with Gasteiger partial charge in [-0.25, -0.2) is 4.79 Å². The van der Waals surface area contributed by atoms with Crippen LogP contribution in [0.1, 0.15) is 44.5 Å². The summed E-state index contributed by atoms with van der Waals surface area (Å²) in [5.41, 5.74) is 1.07. The lowest BCUT2D eigenvalue weighted by atomic mass is 10.2. The molecule has 6 heteroatoms. The largest absolute Gasteiger partial charge is 0.492 e. The molecule has 0 aliphatic heterocycles. The topological polar surface area (TPSA) is 73.9 Å². The number of carbonyl (C=O) groups excluding carboxylic acids is 2. The van der Waals surface area contributed by atoms with E-state index in [1.54, 1.807) is 43.3 Å². The van der Waals surface area contributed by atoms with Crippen molar-refractivity contribution in [2.24, 2.45) is 0 Å². The highest BCUT2D eigenvalue weighted by Crippen LogP contribution is 2.24. The van der Waals surface area contributed by atoms with E-state index in [-0.39, 0.29) is 12.0 Å². The fourth-order valence-electron chi connectivity index (χ4n) is 2.36. The van der Waals surface area contributed by atoms with Crippen LogP contribution >= 0.6 is 0 Å². The second-order valence-corrected chi connectivity index (χ2v) is 6.32. The van der Waals surface area contributed by atoms with Crippen LogP contribution in [-0.2, 0) is 9.53 Å². The van der Waals surface area contributed by atoms with Crippen LogP contribution in [0.15, 0.2) is 48.5 Å². The number of nitrogens with one attached hydrogen (secondary N) is 1. The quantitative estimate of drug-likeness (QED) is 0.646. The molecule has 0 aliphatic rings. The average molecular weight is 385 g/mol. The number of carbonyl (C=O) groups is 2. The molecular weight excluding hydrogens is 358 g/mol. The standard InChI is InChI=1S/C22H27NO5/c1-5-15(3)27-22(25)16(4)28-18-13-11-17(12-14-18)21(24)23-19-9-7-8-10-20(19)26-6-2/h7-16H,5-6H2,1-4H3,(H,23,24)/t15-,16+/m1/s1. The summed E-state index contributed by atoms with van der Waals surface area (Å²) < 4.78 is 16.4. The third-order valence-corrected chi connectivity index (χ3v) is 4.09. The van der Waals surface area contributed by atoms with Crippen molar-refractivity contribution in [2.75, 3.05) is 11.9 Å². The molecule has 0 aromatic heterocycles. The molecule has 0 bridgehead atoms. The van der Waals surface area contributed by atoms with Gasteiger partial charge < -0.3 is 19.5 Å². The Kier molecular flexibility index (Phi) is 7.87. The first-order valence-corrected chi connectivity index (χ1v) is 9.45. The molecule has 2 aromatic rings. The minimum Gasteiger partial charge on any atom is -0.492 e. The van der Waals surface area contributed by atoms with E-state index in [1.165, 1.54) is 0 Å². The molecule has 0 heterocycles. The Balaban J connectivity index is 1.98. The molecule has 2 atom stereocenters. The van der Waals surface area contributed by atoms with Crippen molar-refractivity contribution in [3.63, 3.8) is 0 Å². The average Bonchev–Trinajstić information content (AvgIpc) is 2.70. The van der Waals surface area contributed by atoms with E-state index in [9.17, 15) is 9.59 Å². The van der Waals surface area contributed by atoms with Gasteiger partial charge >= 0.3 is 5.97 Å². The molecule has 0 aliphatic carbocycles. The van der Waals surface area contributed by atoms with Crippen molar-refractivity contribution < 1.29 is 23.8 Å². The SMILES string of the molecule is CCOc1ccccc1NC(=O)c1ccc(O[C@@H](C)C(=O)O[C@H](C)CC)cc1. The molecule has 0 spiro atoms. The van der Waals surface area contributed by atoms with Crippen LogP contribution in [0.2, 0.25) is 0 Å². The summed E-state index contributed by atoms with van der Waals surface area (Å²) >= 11 is 0. The maximum Gasteiger partial charge on any atom is 0.347 e. The zero-order chi connectivity index (χ0) is 20.5. The maximum atomic E-state index is 12.5. The Hall–Kier alpha value is -3.02. The van der Waals surface area contributed by atoms with Crippen LogP contribution in [0, 0.1) is 0 Å². The molecule has 2 aromatic carbocycles. The minimum absolute atomic E-state index is 0.149. The number of ether oxygens (including phenoxy) is 3. The van der Waals surface area contributed by atoms with Gasteiger partial charge in [0.15, 0.2) is 6.10 Å². The summed E-state index contributed by atoms with van der Waals surface area (Å²) in [6.45, 7) is 7.81. The van der Waals surface area contributed by atoms with Crippen molar-refractivity contribution in [1.29, 1.82) is 0 Å². The number of hydrogen-bond donors (Lipinski definition) is 1. The lowest BCUT2D eigenvalue weighted by Gasteiger charge is -2.17. The van der Waals surface area contributed by atoms with Gasteiger partial charge in [0.2, 0.25) is 0 Å².